The van der Waals surface area contributed by atoms with Gasteiger partial charge in [-0.15, -0.1) is 16.8 Å². The predicted octanol–water partition coefficient (Wildman–Crippen LogP) is 4.65. The van der Waals surface area contributed by atoms with Crippen LogP contribution in [-0.4, -0.2) is 32.7 Å². The molecule has 3 rings (SSSR count). The van der Waals surface area contributed by atoms with E-state index in [9.17, 15) is 4.79 Å². The summed E-state index contributed by atoms with van der Waals surface area (Å²) in [4.78, 5) is 19.4. The summed E-state index contributed by atoms with van der Waals surface area (Å²) < 4.78 is 0.999. The van der Waals surface area contributed by atoms with Crippen molar-refractivity contribution in [2.24, 2.45) is 4.99 Å². The van der Waals surface area contributed by atoms with Crippen LogP contribution in [0, 0.1) is 0 Å². The number of carbonyl (C=O) groups excluding carboxylic acids is 1. The Bertz CT molecular complexity index is 858. The average molecular weight is 435 g/mol. The van der Waals surface area contributed by atoms with Gasteiger partial charge >= 0.3 is 0 Å². The minimum Gasteiger partial charge on any atom is -0.282 e. The van der Waals surface area contributed by atoms with Crippen LogP contribution in [0.25, 0.3) is 6.08 Å². The summed E-state index contributed by atoms with van der Waals surface area (Å²) in [5.74, 6) is -0.0770. The van der Waals surface area contributed by atoms with Gasteiger partial charge in [-0.2, -0.15) is 4.99 Å². The lowest BCUT2D eigenvalue weighted by Gasteiger charge is -2.11. The molecule has 1 aromatic carbocycles. The molecule has 1 aromatic heterocycles. The Labute approximate surface area is 162 Å². The van der Waals surface area contributed by atoms with Crippen molar-refractivity contribution >= 4 is 61.3 Å². The number of rotatable bonds is 5. The molecule has 25 heavy (non-hydrogen) atoms. The van der Waals surface area contributed by atoms with Crippen LogP contribution in [0.5, 0.6) is 0 Å². The number of amides is 1. The summed E-state index contributed by atoms with van der Waals surface area (Å²) in [5, 5.41) is 10.2. The van der Waals surface area contributed by atoms with Gasteiger partial charge in [0.1, 0.15) is 5.01 Å². The number of halogens is 1. The monoisotopic (exact) mass is 434 g/mol. The van der Waals surface area contributed by atoms with E-state index >= 15 is 0 Å². The molecule has 1 fully saturated rings. The van der Waals surface area contributed by atoms with E-state index in [2.05, 4.69) is 37.7 Å². The molecule has 0 spiro atoms. The molecule has 0 aliphatic carbocycles. The molecule has 0 N–H and O–H groups in total. The molecular formula is C17H15BrN4OS2. The third kappa shape index (κ3) is 4.26. The smallest absolute Gasteiger partial charge is 0.267 e. The average Bonchev–Trinajstić information content (AvgIpc) is 3.17. The normalized spacial score (nSPS) is 17.7. The molecule has 1 aliphatic rings. The fourth-order valence-corrected chi connectivity index (χ4v) is 4.07. The van der Waals surface area contributed by atoms with Crippen molar-refractivity contribution in [2.75, 3.05) is 6.54 Å². The van der Waals surface area contributed by atoms with Crippen molar-refractivity contribution in [3.63, 3.8) is 0 Å². The van der Waals surface area contributed by atoms with Crippen molar-refractivity contribution in [3.8, 4) is 0 Å². The first-order valence-electron chi connectivity index (χ1n) is 7.59. The van der Waals surface area contributed by atoms with Gasteiger partial charge in [-0.05, 0) is 42.0 Å². The molecule has 1 aliphatic heterocycles. The molecule has 2 aromatic rings. The molecule has 5 nitrogen and oxygen atoms in total. The van der Waals surface area contributed by atoms with Crippen molar-refractivity contribution in [1.82, 2.24) is 15.1 Å². The second kappa shape index (κ2) is 8.07. The molecule has 0 radical (unpaired) electrons. The zero-order chi connectivity index (χ0) is 17.8. The first kappa shape index (κ1) is 18.0. The lowest BCUT2D eigenvalue weighted by molar-refractivity contribution is -0.121. The first-order valence-corrected chi connectivity index (χ1v) is 10.0. The molecular weight excluding hydrogens is 420 g/mol. The number of hydrogen-bond donors (Lipinski definition) is 0. The molecule has 0 unspecified atom stereocenters. The summed E-state index contributed by atoms with van der Waals surface area (Å²) in [6.07, 6.45) is 4.38. The molecule has 0 saturated carbocycles. The van der Waals surface area contributed by atoms with E-state index in [0.29, 0.717) is 21.7 Å². The van der Waals surface area contributed by atoms with Crippen LogP contribution in [0.1, 0.15) is 17.5 Å². The van der Waals surface area contributed by atoms with E-state index in [-0.39, 0.29) is 5.91 Å². The van der Waals surface area contributed by atoms with Gasteiger partial charge in [0.25, 0.3) is 5.91 Å². The van der Waals surface area contributed by atoms with Gasteiger partial charge < -0.3 is 0 Å². The third-order valence-electron chi connectivity index (χ3n) is 3.32. The van der Waals surface area contributed by atoms with Crippen LogP contribution >= 0.6 is 39.0 Å². The fourth-order valence-electron chi connectivity index (χ4n) is 2.11. The predicted molar refractivity (Wildman–Crippen MR) is 108 cm³/mol. The largest absolute Gasteiger partial charge is 0.282 e. The van der Waals surface area contributed by atoms with E-state index in [1.165, 1.54) is 23.1 Å². The van der Waals surface area contributed by atoms with Crippen LogP contribution in [-0.2, 0) is 11.2 Å². The van der Waals surface area contributed by atoms with Gasteiger partial charge in [0.15, 0.2) is 5.17 Å². The van der Waals surface area contributed by atoms with Gasteiger partial charge in [-0.25, -0.2) is 0 Å². The Morgan fingerprint density at radius 3 is 2.72 bits per heavy atom. The number of benzene rings is 1. The van der Waals surface area contributed by atoms with Crippen LogP contribution in [0.2, 0.25) is 0 Å². The Morgan fingerprint density at radius 2 is 2.08 bits per heavy atom. The molecule has 8 heteroatoms. The summed E-state index contributed by atoms with van der Waals surface area (Å²) in [7, 11) is 0. The van der Waals surface area contributed by atoms with Gasteiger partial charge in [0, 0.05) is 11.0 Å². The second-order valence-electron chi connectivity index (χ2n) is 5.09. The second-order valence-corrected chi connectivity index (χ2v) is 8.06. The first-order chi connectivity index (χ1) is 12.1. The van der Waals surface area contributed by atoms with Crippen LogP contribution in [0.4, 0.5) is 5.13 Å². The molecule has 0 bridgehead atoms. The Hall–Kier alpha value is -1.77. The lowest BCUT2D eigenvalue weighted by atomic mass is 10.2. The summed E-state index contributed by atoms with van der Waals surface area (Å²) in [5.41, 5.74) is 0.961. The fraction of sp³-hybridized carbons (Fsp3) is 0.176. The Balaban J connectivity index is 1.91. The molecule has 1 amide bonds. The van der Waals surface area contributed by atoms with Crippen molar-refractivity contribution in [2.45, 2.75) is 13.3 Å². The number of hydrogen-bond acceptors (Lipinski definition) is 6. The highest BCUT2D eigenvalue weighted by Crippen LogP contribution is 2.34. The van der Waals surface area contributed by atoms with Crippen molar-refractivity contribution < 1.29 is 4.79 Å². The number of amidine groups is 1. The topological polar surface area (TPSA) is 58.5 Å². The molecule has 1 saturated heterocycles. The third-order valence-corrected chi connectivity index (χ3v) is 5.81. The number of aryl methyl sites for hydroxylation is 1. The number of thioether (sulfide) groups is 1. The van der Waals surface area contributed by atoms with Crippen LogP contribution in [0.15, 0.2) is 51.3 Å². The van der Waals surface area contributed by atoms with Crippen LogP contribution in [0.3, 0.4) is 0 Å². The van der Waals surface area contributed by atoms with E-state index in [0.717, 1.165) is 21.5 Å². The number of carbonyl (C=O) groups is 1. The number of aromatic nitrogens is 2. The van der Waals surface area contributed by atoms with Gasteiger partial charge in [0.05, 0.1) is 4.91 Å². The molecule has 128 valence electrons. The summed E-state index contributed by atoms with van der Waals surface area (Å²) >= 11 is 6.19. The van der Waals surface area contributed by atoms with Crippen LogP contribution < -0.4 is 0 Å². The minimum absolute atomic E-state index is 0.0770. The maximum atomic E-state index is 12.7. The highest BCUT2D eigenvalue weighted by Gasteiger charge is 2.32. The van der Waals surface area contributed by atoms with Gasteiger partial charge in [-0.1, -0.05) is 52.4 Å². The zero-order valence-corrected chi connectivity index (χ0v) is 16.7. The lowest BCUT2D eigenvalue weighted by Crippen LogP contribution is -2.29. The van der Waals surface area contributed by atoms with Crippen molar-refractivity contribution in [1.29, 1.82) is 0 Å². The van der Waals surface area contributed by atoms with Gasteiger partial charge in [-0.3, -0.25) is 9.69 Å². The van der Waals surface area contributed by atoms with E-state index in [1.54, 1.807) is 11.0 Å². The van der Waals surface area contributed by atoms with E-state index in [1.807, 2.05) is 37.3 Å². The highest BCUT2D eigenvalue weighted by molar-refractivity contribution is 9.10. The van der Waals surface area contributed by atoms with E-state index in [4.69, 9.17) is 0 Å². The summed E-state index contributed by atoms with van der Waals surface area (Å²) in [6, 6.07) is 7.80. The maximum Gasteiger partial charge on any atom is 0.267 e. The standard InChI is InChI=1S/C17H15BrN4OS2/c1-3-9-22-15(23)13(10-11-5-7-12(18)8-6-11)24-17(22)19-16-21-20-14(4-2)25-16/h3,5-8,10H,1,4,9H2,2H3/b13-10-,19-17?. The molecule has 0 atom stereocenters. The summed E-state index contributed by atoms with van der Waals surface area (Å²) in [6.45, 7) is 6.15. The SMILES string of the molecule is C=CCN1C(=O)/C(=C/c2ccc(Br)cc2)SC1=Nc1nnc(CC)s1. The Kier molecular flexibility index (Phi) is 5.82. The Morgan fingerprint density at radius 1 is 1.32 bits per heavy atom. The maximum absolute atomic E-state index is 12.7. The zero-order valence-electron chi connectivity index (χ0n) is 13.5. The number of nitrogens with zero attached hydrogens (tertiary/aromatic N) is 4. The minimum atomic E-state index is -0.0770. The number of aliphatic imine (C=N–C) groups is 1. The highest BCUT2D eigenvalue weighted by atomic mass is 79.9. The quantitative estimate of drug-likeness (QED) is 0.507. The van der Waals surface area contributed by atoms with E-state index < -0.39 is 0 Å². The van der Waals surface area contributed by atoms with Gasteiger partial charge in [0.2, 0.25) is 5.13 Å². The van der Waals surface area contributed by atoms with Crippen molar-refractivity contribution in [3.05, 3.63) is 56.9 Å². The molecule has 2 heterocycles.